The number of hydrogen-bond acceptors (Lipinski definition) is 4. The summed E-state index contributed by atoms with van der Waals surface area (Å²) >= 11 is 0. The maximum atomic E-state index is 13.2. The fraction of sp³-hybridized carbons (Fsp3) is 0.321. The van der Waals surface area contributed by atoms with E-state index >= 15 is 0 Å². The lowest BCUT2D eigenvalue weighted by molar-refractivity contribution is -0.126. The predicted octanol–water partition coefficient (Wildman–Crippen LogP) is 4.45. The number of hydrogen-bond donors (Lipinski definition) is 3. The first-order chi connectivity index (χ1) is 15.8. The van der Waals surface area contributed by atoms with Crippen molar-refractivity contribution >= 4 is 11.6 Å². The Hall–Kier alpha value is -3.15. The summed E-state index contributed by atoms with van der Waals surface area (Å²) in [6.07, 6.45) is 0.291. The minimum atomic E-state index is -0.0166. The average molecular weight is 443 g/mol. The molecule has 0 unspecified atom stereocenters. The fourth-order valence-electron chi connectivity index (χ4n) is 4.37. The Kier molecular flexibility index (Phi) is 6.82. The van der Waals surface area contributed by atoms with Gasteiger partial charge in [-0.2, -0.15) is 0 Å². The van der Waals surface area contributed by atoms with Crippen LogP contribution in [0.25, 0.3) is 11.1 Å². The van der Waals surface area contributed by atoms with E-state index in [1.54, 1.807) is 0 Å². The number of nitrogens with one attached hydrogen (secondary N) is 2. The zero-order chi connectivity index (χ0) is 23.4. The van der Waals surface area contributed by atoms with Crippen LogP contribution >= 0.6 is 0 Å². The van der Waals surface area contributed by atoms with Crippen molar-refractivity contribution in [1.29, 1.82) is 0 Å². The number of piperazine rings is 1. The zero-order valence-electron chi connectivity index (χ0n) is 19.8. The highest BCUT2D eigenvalue weighted by molar-refractivity contribution is 5.85. The summed E-state index contributed by atoms with van der Waals surface area (Å²) < 4.78 is 0. The van der Waals surface area contributed by atoms with Crippen molar-refractivity contribution < 1.29 is 4.79 Å². The largest absolute Gasteiger partial charge is 0.398 e. The lowest BCUT2D eigenvalue weighted by atomic mass is 9.83. The Bertz CT molecular complexity index is 1100. The number of rotatable bonds is 5. The van der Waals surface area contributed by atoms with Crippen LogP contribution in [0.1, 0.15) is 43.5 Å². The van der Waals surface area contributed by atoms with Gasteiger partial charge >= 0.3 is 0 Å². The molecule has 1 aliphatic rings. The van der Waals surface area contributed by atoms with Gasteiger partial charge in [0.25, 0.3) is 0 Å². The van der Waals surface area contributed by atoms with Crippen molar-refractivity contribution in [3.05, 3.63) is 89.5 Å². The number of nitrogens with zero attached hydrogens (tertiary/aromatic N) is 1. The Morgan fingerprint density at radius 1 is 1.03 bits per heavy atom. The lowest BCUT2D eigenvalue weighted by Crippen LogP contribution is -2.54. The van der Waals surface area contributed by atoms with Gasteiger partial charge in [-0.15, -0.1) is 0 Å². The molecule has 33 heavy (non-hydrogen) atoms. The Morgan fingerprint density at radius 3 is 2.48 bits per heavy atom. The second kappa shape index (κ2) is 9.77. The zero-order valence-corrected chi connectivity index (χ0v) is 19.8. The maximum Gasteiger partial charge on any atom is 0.238 e. The minimum absolute atomic E-state index is 0.00277. The normalized spacial score (nSPS) is 17.0. The third-order valence-electron chi connectivity index (χ3n) is 6.27. The first kappa shape index (κ1) is 23.0. The number of nitrogen functional groups attached to an aromatic ring is 1. The molecule has 0 aliphatic carbocycles. The van der Waals surface area contributed by atoms with E-state index in [1.807, 2.05) is 42.5 Å². The first-order valence-corrected chi connectivity index (χ1v) is 11.6. The summed E-state index contributed by atoms with van der Waals surface area (Å²) in [5, 5.41) is 5.50. The van der Waals surface area contributed by atoms with E-state index < -0.39 is 0 Å². The van der Waals surface area contributed by atoms with Crippen LogP contribution in [-0.4, -0.2) is 30.6 Å². The summed E-state index contributed by atoms with van der Waals surface area (Å²) in [4.78, 5) is 13.2. The average Bonchev–Trinajstić information content (AvgIpc) is 2.80. The molecule has 0 bridgehead atoms. The number of para-hydroxylation sites is 1. The molecule has 1 heterocycles. The highest BCUT2D eigenvalue weighted by Gasteiger charge is 2.26. The van der Waals surface area contributed by atoms with Crippen LogP contribution in [0.4, 0.5) is 5.69 Å². The topological polar surface area (TPSA) is 70.4 Å². The molecule has 3 aromatic carbocycles. The number of nitrogens with two attached hydrogens (primary N) is 1. The number of amides is 1. The van der Waals surface area contributed by atoms with Crippen LogP contribution in [0.5, 0.6) is 0 Å². The van der Waals surface area contributed by atoms with Gasteiger partial charge in [0.1, 0.15) is 0 Å². The van der Waals surface area contributed by atoms with Crippen LogP contribution in [0.3, 0.4) is 0 Å². The molecular formula is C28H34N4O. The molecule has 1 atom stereocenters. The molecule has 0 aromatic heterocycles. The van der Waals surface area contributed by atoms with Gasteiger partial charge in [-0.25, -0.2) is 5.01 Å². The molecule has 1 amide bonds. The molecule has 4 N–H and O–H groups in total. The summed E-state index contributed by atoms with van der Waals surface area (Å²) in [7, 11) is 0. The molecule has 3 aromatic rings. The first-order valence-electron chi connectivity index (χ1n) is 11.6. The number of anilines is 1. The van der Waals surface area contributed by atoms with Crippen molar-refractivity contribution in [3.8, 4) is 11.1 Å². The molecule has 172 valence electrons. The molecule has 0 saturated carbocycles. The Morgan fingerprint density at radius 2 is 1.76 bits per heavy atom. The van der Waals surface area contributed by atoms with Crippen LogP contribution in [0.2, 0.25) is 0 Å². The number of hydrazine groups is 1. The van der Waals surface area contributed by atoms with Gasteiger partial charge in [0.05, 0.1) is 12.5 Å². The lowest BCUT2D eigenvalue weighted by Gasteiger charge is -2.36. The Labute approximate surface area is 197 Å². The molecule has 0 radical (unpaired) electrons. The summed E-state index contributed by atoms with van der Waals surface area (Å²) in [5.74, 6) is -0.0166. The maximum absolute atomic E-state index is 13.2. The molecule has 4 rings (SSSR count). The van der Waals surface area contributed by atoms with E-state index in [4.69, 9.17) is 5.73 Å². The summed E-state index contributed by atoms with van der Waals surface area (Å²) in [5.41, 5.74) is 15.6. The third kappa shape index (κ3) is 5.44. The van der Waals surface area contributed by atoms with Crippen LogP contribution in [0.15, 0.2) is 72.8 Å². The highest BCUT2D eigenvalue weighted by atomic mass is 16.2. The van der Waals surface area contributed by atoms with Crippen molar-refractivity contribution in [2.45, 2.75) is 38.6 Å². The van der Waals surface area contributed by atoms with Gasteiger partial charge in [-0.1, -0.05) is 87.5 Å². The minimum Gasteiger partial charge on any atom is -0.398 e. The van der Waals surface area contributed by atoms with E-state index in [-0.39, 0.29) is 17.4 Å². The molecule has 5 heteroatoms. The van der Waals surface area contributed by atoms with Crippen LogP contribution < -0.4 is 16.5 Å². The predicted molar refractivity (Wildman–Crippen MR) is 136 cm³/mol. The van der Waals surface area contributed by atoms with Crippen LogP contribution in [-0.2, 0) is 16.6 Å². The van der Waals surface area contributed by atoms with Crippen molar-refractivity contribution in [2.75, 3.05) is 25.4 Å². The van der Waals surface area contributed by atoms with Gasteiger partial charge in [-0.3, -0.25) is 10.2 Å². The van der Waals surface area contributed by atoms with E-state index in [0.717, 1.165) is 42.0 Å². The molecule has 0 spiro atoms. The van der Waals surface area contributed by atoms with Gasteiger partial charge in [0.2, 0.25) is 5.91 Å². The van der Waals surface area contributed by atoms with E-state index in [1.165, 1.54) is 11.1 Å². The highest BCUT2D eigenvalue weighted by Crippen LogP contribution is 2.33. The van der Waals surface area contributed by atoms with Gasteiger partial charge in [-0.05, 0) is 33.7 Å². The van der Waals surface area contributed by atoms with E-state index in [0.29, 0.717) is 6.42 Å². The van der Waals surface area contributed by atoms with Crippen molar-refractivity contribution in [1.82, 2.24) is 15.8 Å². The monoisotopic (exact) mass is 442 g/mol. The standard InChI is InChI=1S/C28H34N4O/c1-28(2,3)22-14-13-21(24(18-22)23-11-7-8-12-25(23)29)17-27(33)31-32-16-15-30-19-26(32)20-9-5-4-6-10-20/h4-14,18,26,30H,15-17,19,29H2,1-3H3,(H,31,33)/t26-/m0/s1. The van der Waals surface area contributed by atoms with E-state index in [2.05, 4.69) is 66.9 Å². The number of carbonyl (C=O) groups excluding carboxylic acids is 1. The number of benzene rings is 3. The molecule has 1 saturated heterocycles. The fourth-order valence-corrected chi connectivity index (χ4v) is 4.37. The molecule has 1 fully saturated rings. The van der Waals surface area contributed by atoms with Crippen LogP contribution in [0, 0.1) is 0 Å². The molecular weight excluding hydrogens is 408 g/mol. The van der Waals surface area contributed by atoms with Gasteiger partial charge < -0.3 is 11.1 Å². The third-order valence-corrected chi connectivity index (χ3v) is 6.27. The van der Waals surface area contributed by atoms with E-state index in [9.17, 15) is 4.79 Å². The summed E-state index contributed by atoms with van der Waals surface area (Å²) in [6, 6.07) is 24.7. The second-order valence-electron chi connectivity index (χ2n) is 9.74. The SMILES string of the molecule is CC(C)(C)c1ccc(CC(=O)NN2CCNC[C@H]2c2ccccc2)c(-c2ccccc2N)c1. The molecule has 5 nitrogen and oxygen atoms in total. The van der Waals surface area contributed by atoms with Gasteiger partial charge in [0, 0.05) is 30.9 Å². The van der Waals surface area contributed by atoms with Gasteiger partial charge in [0.15, 0.2) is 0 Å². The molecule has 1 aliphatic heterocycles. The summed E-state index contributed by atoms with van der Waals surface area (Å²) in [6.45, 7) is 8.99. The second-order valence-corrected chi connectivity index (χ2v) is 9.74. The smallest absolute Gasteiger partial charge is 0.238 e. The van der Waals surface area contributed by atoms with Crippen molar-refractivity contribution in [3.63, 3.8) is 0 Å². The Balaban J connectivity index is 1.59. The van der Waals surface area contributed by atoms with Crippen molar-refractivity contribution in [2.24, 2.45) is 0 Å². The number of carbonyl (C=O) groups is 1. The quantitative estimate of drug-likeness (QED) is 0.511.